The number of rotatable bonds is 3. The Morgan fingerprint density at radius 1 is 1.12 bits per heavy atom. The first-order chi connectivity index (χ1) is 12.2. The zero-order valence-corrected chi connectivity index (χ0v) is 16.3. The summed E-state index contributed by atoms with van der Waals surface area (Å²) in [5.41, 5.74) is 1.34. The highest BCUT2D eigenvalue weighted by Gasteiger charge is 2.47. The van der Waals surface area contributed by atoms with Crippen molar-refractivity contribution in [1.29, 1.82) is 0 Å². The van der Waals surface area contributed by atoms with E-state index in [0.29, 0.717) is 21.3 Å². The predicted molar refractivity (Wildman–Crippen MR) is 103 cm³/mol. The van der Waals surface area contributed by atoms with Crippen molar-refractivity contribution in [3.8, 4) is 0 Å². The van der Waals surface area contributed by atoms with Crippen LogP contribution in [-0.4, -0.2) is 23.5 Å². The lowest BCUT2D eigenvalue weighted by atomic mass is 9.95. The molecule has 3 rings (SSSR count). The van der Waals surface area contributed by atoms with E-state index in [9.17, 15) is 9.59 Å². The Balaban J connectivity index is 2.09. The van der Waals surface area contributed by atoms with E-state index in [2.05, 4.69) is 0 Å². The second-order valence-corrected chi connectivity index (χ2v) is 7.75. The van der Waals surface area contributed by atoms with Crippen LogP contribution in [0.1, 0.15) is 36.2 Å². The number of carbonyl (C=O) groups is 2. The lowest BCUT2D eigenvalue weighted by Crippen LogP contribution is -2.49. The molecule has 1 fully saturated rings. The Morgan fingerprint density at radius 3 is 2.31 bits per heavy atom. The number of aryl methyl sites for hydroxylation is 1. The minimum atomic E-state index is -0.816. The highest BCUT2D eigenvalue weighted by atomic mass is 35.5. The number of esters is 1. The summed E-state index contributed by atoms with van der Waals surface area (Å²) in [6, 6.07) is 11.8. The predicted octanol–water partition coefficient (Wildman–Crippen LogP) is 5.04. The molecule has 1 unspecified atom stereocenters. The first-order valence-corrected chi connectivity index (χ1v) is 9.02. The van der Waals surface area contributed by atoms with Crippen molar-refractivity contribution in [2.45, 2.75) is 38.8 Å². The Hall–Kier alpha value is -2.04. The van der Waals surface area contributed by atoms with Gasteiger partial charge in [-0.05, 0) is 51.1 Å². The standard InChI is InChI=1S/C20H19Cl2NO3/c1-12-4-6-13(7-5-12)19(25)23(14-8-9-15(21)16(22)10-14)17-11-18(24)26-20(17,2)3/h4-10,17H,11H2,1-3H3. The van der Waals surface area contributed by atoms with Gasteiger partial charge in [-0.2, -0.15) is 0 Å². The molecule has 6 heteroatoms. The monoisotopic (exact) mass is 391 g/mol. The summed E-state index contributed by atoms with van der Waals surface area (Å²) in [5, 5.41) is 0.741. The van der Waals surface area contributed by atoms with Crippen LogP contribution in [0.3, 0.4) is 0 Å². The SMILES string of the molecule is Cc1ccc(C(=O)N(c2ccc(Cl)c(Cl)c2)C2CC(=O)OC2(C)C)cc1. The van der Waals surface area contributed by atoms with Crippen LogP contribution in [0, 0.1) is 6.92 Å². The number of cyclic esters (lactones) is 1. The van der Waals surface area contributed by atoms with Crippen LogP contribution in [0.5, 0.6) is 0 Å². The molecule has 1 aliphatic heterocycles. The molecule has 2 aromatic carbocycles. The Kier molecular flexibility index (Phi) is 5.00. The van der Waals surface area contributed by atoms with Crippen molar-refractivity contribution in [1.82, 2.24) is 0 Å². The van der Waals surface area contributed by atoms with E-state index in [1.54, 1.807) is 49.1 Å². The molecule has 1 atom stereocenters. The molecule has 0 radical (unpaired) electrons. The van der Waals surface area contributed by atoms with Crippen molar-refractivity contribution in [2.24, 2.45) is 0 Å². The van der Waals surface area contributed by atoms with Crippen molar-refractivity contribution < 1.29 is 14.3 Å². The zero-order valence-electron chi connectivity index (χ0n) is 14.8. The maximum absolute atomic E-state index is 13.3. The molecule has 0 aliphatic carbocycles. The molecule has 0 spiro atoms. The number of anilines is 1. The number of hydrogen-bond acceptors (Lipinski definition) is 3. The third-order valence-electron chi connectivity index (χ3n) is 4.55. The summed E-state index contributed by atoms with van der Waals surface area (Å²) in [7, 11) is 0. The van der Waals surface area contributed by atoms with Crippen LogP contribution in [0.4, 0.5) is 5.69 Å². The molecule has 1 saturated heterocycles. The average Bonchev–Trinajstić information content (AvgIpc) is 2.84. The molecule has 0 saturated carbocycles. The Labute approximate surface area is 162 Å². The van der Waals surface area contributed by atoms with Crippen LogP contribution < -0.4 is 4.90 Å². The minimum absolute atomic E-state index is 0.116. The topological polar surface area (TPSA) is 46.6 Å². The van der Waals surface area contributed by atoms with Gasteiger partial charge in [-0.15, -0.1) is 0 Å². The van der Waals surface area contributed by atoms with Gasteiger partial charge < -0.3 is 9.64 Å². The fraction of sp³-hybridized carbons (Fsp3) is 0.300. The van der Waals surface area contributed by atoms with Crippen LogP contribution in [0.25, 0.3) is 0 Å². The molecule has 136 valence electrons. The molecule has 1 amide bonds. The van der Waals surface area contributed by atoms with Crippen molar-refractivity contribution >= 4 is 40.8 Å². The third-order valence-corrected chi connectivity index (χ3v) is 5.29. The maximum Gasteiger partial charge on any atom is 0.308 e. The maximum atomic E-state index is 13.3. The van der Waals surface area contributed by atoms with E-state index < -0.39 is 11.6 Å². The molecule has 4 nitrogen and oxygen atoms in total. The number of amides is 1. The average molecular weight is 392 g/mol. The molecule has 2 aromatic rings. The van der Waals surface area contributed by atoms with Crippen molar-refractivity contribution in [2.75, 3.05) is 4.90 Å². The normalized spacial score (nSPS) is 18.5. The molecule has 0 aromatic heterocycles. The summed E-state index contributed by atoms with van der Waals surface area (Å²) in [6.45, 7) is 5.56. The van der Waals surface area contributed by atoms with Crippen molar-refractivity contribution in [3.63, 3.8) is 0 Å². The van der Waals surface area contributed by atoms with Gasteiger partial charge in [0.15, 0.2) is 0 Å². The molecule has 0 N–H and O–H groups in total. The number of hydrogen-bond donors (Lipinski definition) is 0. The van der Waals surface area contributed by atoms with E-state index >= 15 is 0 Å². The first-order valence-electron chi connectivity index (χ1n) is 8.26. The van der Waals surface area contributed by atoms with Crippen LogP contribution >= 0.6 is 23.2 Å². The van der Waals surface area contributed by atoms with Gasteiger partial charge in [0.25, 0.3) is 5.91 Å². The van der Waals surface area contributed by atoms with E-state index in [0.717, 1.165) is 5.56 Å². The summed E-state index contributed by atoms with van der Waals surface area (Å²) < 4.78 is 5.43. The first kappa shape index (κ1) is 18.7. The molecule has 1 aliphatic rings. The van der Waals surface area contributed by atoms with Gasteiger partial charge in [0.05, 0.1) is 22.5 Å². The lowest BCUT2D eigenvalue weighted by molar-refractivity contribution is -0.146. The van der Waals surface area contributed by atoms with Gasteiger partial charge in [-0.1, -0.05) is 40.9 Å². The van der Waals surface area contributed by atoms with Crippen LogP contribution in [0.15, 0.2) is 42.5 Å². The van der Waals surface area contributed by atoms with E-state index in [1.165, 1.54) is 0 Å². The van der Waals surface area contributed by atoms with Gasteiger partial charge in [0.2, 0.25) is 0 Å². The van der Waals surface area contributed by atoms with E-state index in [-0.39, 0.29) is 18.3 Å². The fourth-order valence-electron chi connectivity index (χ4n) is 3.12. The summed E-state index contributed by atoms with van der Waals surface area (Å²) in [5.74, 6) is -0.554. The van der Waals surface area contributed by atoms with Gasteiger partial charge in [0, 0.05) is 11.3 Å². The Morgan fingerprint density at radius 2 is 1.77 bits per heavy atom. The van der Waals surface area contributed by atoms with E-state index in [4.69, 9.17) is 27.9 Å². The number of ether oxygens (including phenoxy) is 1. The highest BCUT2D eigenvalue weighted by molar-refractivity contribution is 6.42. The van der Waals surface area contributed by atoms with Gasteiger partial charge >= 0.3 is 5.97 Å². The van der Waals surface area contributed by atoms with E-state index in [1.807, 2.05) is 19.1 Å². The van der Waals surface area contributed by atoms with Gasteiger partial charge in [-0.25, -0.2) is 0 Å². The largest absolute Gasteiger partial charge is 0.457 e. The molecule has 26 heavy (non-hydrogen) atoms. The van der Waals surface area contributed by atoms with Gasteiger partial charge in [0.1, 0.15) is 5.60 Å². The van der Waals surface area contributed by atoms with Crippen LogP contribution in [0.2, 0.25) is 10.0 Å². The Bertz CT molecular complexity index is 862. The third kappa shape index (κ3) is 3.57. The molecule has 1 heterocycles. The molecule has 0 bridgehead atoms. The smallest absolute Gasteiger partial charge is 0.308 e. The second-order valence-electron chi connectivity index (χ2n) is 6.94. The van der Waals surface area contributed by atoms with Crippen LogP contribution in [-0.2, 0) is 9.53 Å². The zero-order chi connectivity index (χ0) is 19.1. The molecular formula is C20H19Cl2NO3. The summed E-state index contributed by atoms with van der Waals surface area (Å²) in [6.07, 6.45) is 0.116. The lowest BCUT2D eigenvalue weighted by Gasteiger charge is -2.35. The number of carbonyl (C=O) groups excluding carboxylic acids is 2. The fourth-order valence-corrected chi connectivity index (χ4v) is 3.41. The highest BCUT2D eigenvalue weighted by Crippen LogP contribution is 2.37. The summed E-state index contributed by atoms with van der Waals surface area (Å²) >= 11 is 12.2. The number of halogens is 2. The number of nitrogens with zero attached hydrogens (tertiary/aromatic N) is 1. The quantitative estimate of drug-likeness (QED) is 0.688. The second kappa shape index (κ2) is 6.93. The minimum Gasteiger partial charge on any atom is -0.457 e. The van der Waals surface area contributed by atoms with Crippen molar-refractivity contribution in [3.05, 3.63) is 63.6 Å². The van der Waals surface area contributed by atoms with Gasteiger partial charge in [-0.3, -0.25) is 9.59 Å². The molecular weight excluding hydrogens is 373 g/mol. The summed E-state index contributed by atoms with van der Waals surface area (Å²) in [4.78, 5) is 26.8. The number of benzene rings is 2.